The number of hydrogen-bond donors (Lipinski definition) is 1. The number of aromatic nitrogens is 3. The van der Waals surface area contributed by atoms with Gasteiger partial charge in [0.15, 0.2) is 23.2 Å². The van der Waals surface area contributed by atoms with E-state index in [-0.39, 0.29) is 64.5 Å². The third kappa shape index (κ3) is 24.3. The van der Waals surface area contributed by atoms with Gasteiger partial charge in [-0.15, -0.1) is 0 Å². The number of rotatable bonds is 23. The number of carbonyl (C=O) groups is 4. The van der Waals surface area contributed by atoms with Gasteiger partial charge in [-0.25, -0.2) is 9.97 Å². The Morgan fingerprint density at radius 3 is 1.12 bits per heavy atom. The second-order valence-electron chi connectivity index (χ2n) is 32.8. The van der Waals surface area contributed by atoms with Crippen LogP contribution in [0.15, 0.2) is 158 Å². The normalized spacial score (nSPS) is 19.9. The summed E-state index contributed by atoms with van der Waals surface area (Å²) in [6, 6.07) is 50.6. The Balaban J connectivity index is 0.000000173. The predicted octanol–water partition coefficient (Wildman–Crippen LogP) is 23.1. The Morgan fingerprint density at radius 2 is 0.770 bits per heavy atom. The Morgan fingerprint density at radius 1 is 0.407 bits per heavy atom. The van der Waals surface area contributed by atoms with Crippen molar-refractivity contribution in [3.8, 4) is 47.3 Å². The molecule has 2 aromatic heterocycles. The SMILES string of the molecule is CC(C)c1ccc(C(=O)CC2CCC(Oc3ccc(C#N)c(Cl)c3)CC2)cc1.CC(C)c1ccc(C(=O)CC2CCC(Oc3ccc(C#N)c(Cl)c3)CC2)cn1.CC(C)c1ccc(C(=O)NC2C(C)(C)C(Oc3ccc(C#N)cc3)C2(C)C)cc1.CC(C)c1cnc(C(=O)CC2CCC(Oc3ccc(C#N)c(Cl)c3)CC2)nc1. The molecule has 12 rings (SSSR count). The molecule has 8 aromatic rings. The first-order chi connectivity index (χ1) is 53.9. The van der Waals surface area contributed by atoms with Crippen molar-refractivity contribution in [2.45, 2.75) is 234 Å². The summed E-state index contributed by atoms with van der Waals surface area (Å²) >= 11 is 18.2. The van der Waals surface area contributed by atoms with E-state index in [0.717, 1.165) is 99.6 Å². The molecule has 16 nitrogen and oxygen atoms in total. The third-order valence-electron chi connectivity index (χ3n) is 22.3. The lowest BCUT2D eigenvalue weighted by Gasteiger charge is -2.63. The quantitative estimate of drug-likeness (QED) is 0.0585. The molecule has 0 bridgehead atoms. The summed E-state index contributed by atoms with van der Waals surface area (Å²) < 4.78 is 24.3. The summed E-state index contributed by atoms with van der Waals surface area (Å²) in [6.45, 7) is 25.4. The molecule has 590 valence electrons. The van der Waals surface area contributed by atoms with E-state index in [4.69, 9.17) is 74.8 Å². The number of pyridine rings is 1. The van der Waals surface area contributed by atoms with Crippen LogP contribution < -0.4 is 24.3 Å². The van der Waals surface area contributed by atoms with Gasteiger partial charge in [0.05, 0.1) is 61.7 Å². The number of halogens is 3. The standard InChI is InChI=1S/C25H30N2O2.C24H26ClNO2.C23H25ClN2O2.C22H24ClN3O2/c1-16(2)18-9-11-19(12-10-18)21(28)27-22-24(3,4)23(25(22,5)6)29-20-13-7-17(15-26)8-14-20;1-16(2)18-5-7-19(8-6-18)24(27)13-17-3-10-21(11-4-17)28-22-12-9-20(15-26)23(25)14-22;1-15(2)22-10-6-18(14-26-22)23(27)11-16-3-7-19(8-4-16)28-20-9-5-17(13-25)21(24)12-20;1-14(2)17-12-25-22(26-13-17)21(27)9-15-3-6-18(7-4-15)28-19-8-5-16(11-24)20(23)10-19/h7-14,16,22-23H,1-6H3,(H,27,28);5-9,12,14,16-17,21H,3-4,10-11,13H2,1-2H3;5-6,9-10,12,14-16,19H,3-4,7-8,11H2,1-2H3;5,8,10,12-15,18H,3-4,6-7,9H2,1-2H3. The number of nitriles is 4. The van der Waals surface area contributed by atoms with E-state index in [1.54, 1.807) is 85.3 Å². The maximum absolute atomic E-state index is 12.9. The lowest BCUT2D eigenvalue weighted by molar-refractivity contribution is -0.164. The van der Waals surface area contributed by atoms with Crippen LogP contribution in [0.2, 0.25) is 15.1 Å². The van der Waals surface area contributed by atoms with Crippen molar-refractivity contribution in [3.63, 3.8) is 0 Å². The number of hydrogen-bond acceptors (Lipinski definition) is 15. The molecule has 4 aliphatic carbocycles. The maximum atomic E-state index is 12.9. The van der Waals surface area contributed by atoms with Crippen LogP contribution in [-0.4, -0.2) is 68.7 Å². The first-order valence-corrected chi connectivity index (χ1v) is 40.7. The van der Waals surface area contributed by atoms with Gasteiger partial charge in [-0.05, 0) is 220 Å². The number of ether oxygens (including phenoxy) is 4. The van der Waals surface area contributed by atoms with Crippen molar-refractivity contribution in [2.24, 2.45) is 28.6 Å². The molecule has 19 heteroatoms. The van der Waals surface area contributed by atoms with Gasteiger partial charge in [0.2, 0.25) is 0 Å². The minimum Gasteiger partial charge on any atom is -0.490 e. The van der Waals surface area contributed by atoms with E-state index in [1.807, 2.05) is 72.8 Å². The topological polar surface area (TPSA) is 251 Å². The molecular formula is C94H105Cl3N8O8. The summed E-state index contributed by atoms with van der Waals surface area (Å²) in [5.41, 5.74) is 8.23. The van der Waals surface area contributed by atoms with Crippen LogP contribution in [0.4, 0.5) is 0 Å². The summed E-state index contributed by atoms with van der Waals surface area (Å²) in [4.78, 5) is 63.3. The van der Waals surface area contributed by atoms with Crippen molar-refractivity contribution < 1.29 is 38.1 Å². The minimum atomic E-state index is -0.231. The smallest absolute Gasteiger partial charge is 0.251 e. The Labute approximate surface area is 682 Å². The summed E-state index contributed by atoms with van der Waals surface area (Å²) in [7, 11) is 0. The van der Waals surface area contributed by atoms with Gasteiger partial charge in [-0.2, -0.15) is 21.0 Å². The Bertz CT molecular complexity index is 4340. The fourth-order valence-corrected chi connectivity index (χ4v) is 16.2. The average molecular weight is 1580 g/mol. The van der Waals surface area contributed by atoms with Crippen LogP contribution >= 0.6 is 34.8 Å². The van der Waals surface area contributed by atoms with Gasteiger partial charge in [0.25, 0.3) is 5.91 Å². The highest BCUT2D eigenvalue weighted by Gasteiger charge is 2.64. The number of ketones is 3. The zero-order valence-electron chi connectivity index (χ0n) is 67.1. The fraction of sp³-hybridized carbons (Fsp3) is 0.436. The number of amides is 1. The Kier molecular flexibility index (Phi) is 31.3. The van der Waals surface area contributed by atoms with Gasteiger partial charge < -0.3 is 24.3 Å². The zero-order valence-corrected chi connectivity index (χ0v) is 69.3. The number of nitrogens with one attached hydrogen (secondary N) is 1. The van der Waals surface area contributed by atoms with Gasteiger partial charge in [-0.3, -0.25) is 24.2 Å². The molecule has 0 unspecified atom stereocenters. The first-order valence-electron chi connectivity index (χ1n) is 39.6. The van der Waals surface area contributed by atoms with E-state index < -0.39 is 0 Å². The molecule has 0 spiro atoms. The number of carbonyl (C=O) groups excluding carboxylic acids is 4. The van der Waals surface area contributed by atoms with Crippen LogP contribution in [0, 0.1) is 73.9 Å². The molecule has 0 atom stereocenters. The fourth-order valence-electron chi connectivity index (χ4n) is 15.6. The van der Waals surface area contributed by atoms with Crippen molar-refractivity contribution >= 4 is 58.1 Å². The molecule has 0 saturated heterocycles. The lowest BCUT2D eigenvalue weighted by atomic mass is 9.49. The largest absolute Gasteiger partial charge is 0.490 e. The molecule has 0 radical (unpaired) electrons. The predicted molar refractivity (Wildman–Crippen MR) is 444 cm³/mol. The number of benzene rings is 6. The summed E-state index contributed by atoms with van der Waals surface area (Å²) in [6.07, 6.45) is 18.5. The molecule has 4 fully saturated rings. The lowest BCUT2D eigenvalue weighted by Crippen LogP contribution is -2.74. The highest BCUT2D eigenvalue weighted by atomic mass is 35.5. The molecule has 4 aliphatic rings. The number of nitrogens with zero attached hydrogens (tertiary/aromatic N) is 7. The molecule has 0 aliphatic heterocycles. The van der Waals surface area contributed by atoms with Crippen LogP contribution in [0.1, 0.15) is 289 Å². The van der Waals surface area contributed by atoms with Gasteiger partial charge >= 0.3 is 0 Å². The number of Topliss-reactive ketones (excluding diaryl/α,β-unsaturated/α-hetero) is 3. The summed E-state index contributed by atoms with van der Waals surface area (Å²) in [5.74, 6) is 6.29. The monoisotopic (exact) mass is 1580 g/mol. The van der Waals surface area contributed by atoms with Gasteiger partial charge in [0, 0.05) is 95.3 Å². The molecule has 1 N–H and O–H groups in total. The maximum Gasteiger partial charge on any atom is 0.251 e. The molecular weight excluding hydrogens is 1480 g/mol. The van der Waals surface area contributed by atoms with Crippen molar-refractivity contribution in [1.29, 1.82) is 21.0 Å². The van der Waals surface area contributed by atoms with Crippen molar-refractivity contribution in [3.05, 3.63) is 240 Å². The third-order valence-corrected chi connectivity index (χ3v) is 23.2. The van der Waals surface area contributed by atoms with Gasteiger partial charge in [0.1, 0.15) is 47.3 Å². The first kappa shape index (κ1) is 87.0. The molecule has 113 heavy (non-hydrogen) atoms. The van der Waals surface area contributed by atoms with Crippen LogP contribution in [0.3, 0.4) is 0 Å². The van der Waals surface area contributed by atoms with E-state index >= 15 is 0 Å². The van der Waals surface area contributed by atoms with E-state index in [0.29, 0.717) is 132 Å². The second-order valence-corrected chi connectivity index (χ2v) is 34.0. The Hall–Kier alpha value is -9.94. The average Bonchev–Trinajstić information content (AvgIpc) is 0.707. The zero-order chi connectivity index (χ0) is 81.7. The van der Waals surface area contributed by atoms with Crippen LogP contribution in [0.5, 0.6) is 23.0 Å². The minimum absolute atomic E-state index is 0.0125. The highest BCUT2D eigenvalue weighted by molar-refractivity contribution is 6.32. The van der Waals surface area contributed by atoms with Crippen molar-refractivity contribution in [2.75, 3.05) is 0 Å². The van der Waals surface area contributed by atoms with Gasteiger partial charge in [-0.1, -0.05) is 154 Å². The van der Waals surface area contributed by atoms with Crippen molar-refractivity contribution in [1.82, 2.24) is 20.3 Å². The van der Waals surface area contributed by atoms with Crippen LogP contribution in [0.25, 0.3) is 0 Å². The highest BCUT2D eigenvalue weighted by Crippen LogP contribution is 2.56. The van der Waals surface area contributed by atoms with E-state index in [2.05, 4.69) is 128 Å². The molecule has 4 saturated carbocycles. The second kappa shape index (κ2) is 40.7. The summed E-state index contributed by atoms with van der Waals surface area (Å²) in [5, 5.41) is 40.3. The molecule has 1 amide bonds. The molecule has 2 heterocycles. The van der Waals surface area contributed by atoms with Crippen LogP contribution in [-0.2, 0) is 0 Å². The molecule has 6 aromatic carbocycles. The van der Waals surface area contributed by atoms with E-state index in [9.17, 15) is 19.2 Å². The van der Waals surface area contributed by atoms with E-state index in [1.165, 1.54) is 11.1 Å².